The lowest BCUT2D eigenvalue weighted by molar-refractivity contribution is -0.139. The van der Waals surface area contributed by atoms with Crippen LogP contribution in [0.1, 0.15) is 51.4 Å². The highest BCUT2D eigenvalue weighted by atomic mass is 16.2. The fourth-order valence-electron chi connectivity index (χ4n) is 5.44. The lowest BCUT2D eigenvalue weighted by Gasteiger charge is -2.45. The molecule has 3 aliphatic heterocycles. The molecule has 0 spiro atoms. The Morgan fingerprint density at radius 2 is 1.72 bits per heavy atom. The van der Waals surface area contributed by atoms with Gasteiger partial charge in [-0.15, -0.1) is 0 Å². The highest BCUT2D eigenvalue weighted by Gasteiger charge is 2.37. The number of carbonyl (C=O) groups excluding carboxylic acids is 2. The average molecular weight is 348 g/mol. The zero-order valence-electron chi connectivity index (χ0n) is 15.3. The summed E-state index contributed by atoms with van der Waals surface area (Å²) in [4.78, 5) is 31.2. The van der Waals surface area contributed by atoms with Crippen LogP contribution in [0.5, 0.6) is 0 Å². The fourth-order valence-corrected chi connectivity index (χ4v) is 5.44. The number of likely N-dealkylation sites (tertiary alicyclic amines) is 2. The molecule has 0 radical (unpaired) electrons. The third-order valence-electron chi connectivity index (χ3n) is 6.81. The number of nitrogens with one attached hydrogen (secondary N) is 1. The number of fused-ring (bicyclic) bond motifs is 1. The van der Waals surface area contributed by atoms with Gasteiger partial charge in [0.05, 0.1) is 6.54 Å². The molecule has 140 valence electrons. The lowest BCUT2D eigenvalue weighted by Crippen LogP contribution is -2.54. The first-order valence-corrected chi connectivity index (χ1v) is 10.3. The van der Waals surface area contributed by atoms with Crippen molar-refractivity contribution in [1.82, 2.24) is 20.0 Å². The minimum absolute atomic E-state index is 0.0891. The topological polar surface area (TPSA) is 55.9 Å². The van der Waals surface area contributed by atoms with E-state index in [4.69, 9.17) is 0 Å². The van der Waals surface area contributed by atoms with Crippen molar-refractivity contribution in [2.75, 3.05) is 39.3 Å². The minimum atomic E-state index is 0.0891. The summed E-state index contributed by atoms with van der Waals surface area (Å²) >= 11 is 0. The van der Waals surface area contributed by atoms with E-state index < -0.39 is 0 Å². The predicted octanol–water partition coefficient (Wildman–Crippen LogP) is 1.66. The molecule has 1 aliphatic carbocycles. The summed E-state index contributed by atoms with van der Waals surface area (Å²) < 4.78 is 0. The number of piperidine rings is 2. The molecule has 3 saturated heterocycles. The Bertz CT molecular complexity index is 502. The second-order valence-corrected chi connectivity index (χ2v) is 8.27. The summed E-state index contributed by atoms with van der Waals surface area (Å²) in [5, 5.41) is 2.89. The van der Waals surface area contributed by atoms with Crippen LogP contribution in [-0.2, 0) is 4.79 Å². The van der Waals surface area contributed by atoms with Crippen molar-refractivity contribution in [2.24, 2.45) is 5.92 Å². The molecule has 2 atom stereocenters. The number of amides is 3. The molecular weight excluding hydrogens is 316 g/mol. The first-order chi connectivity index (χ1) is 12.2. The molecule has 25 heavy (non-hydrogen) atoms. The summed E-state index contributed by atoms with van der Waals surface area (Å²) in [6, 6.07) is 0.957. The first-order valence-electron chi connectivity index (χ1n) is 10.3. The van der Waals surface area contributed by atoms with Crippen LogP contribution in [0.25, 0.3) is 0 Å². The van der Waals surface area contributed by atoms with Crippen LogP contribution < -0.4 is 5.32 Å². The Labute approximate surface area is 150 Å². The molecule has 0 aromatic rings. The van der Waals surface area contributed by atoms with Gasteiger partial charge in [-0.3, -0.25) is 9.69 Å². The molecule has 4 fully saturated rings. The van der Waals surface area contributed by atoms with Gasteiger partial charge in [-0.25, -0.2) is 4.79 Å². The second-order valence-electron chi connectivity index (χ2n) is 8.27. The van der Waals surface area contributed by atoms with Crippen molar-refractivity contribution in [2.45, 2.75) is 63.5 Å². The monoisotopic (exact) mass is 348 g/mol. The molecule has 0 unspecified atom stereocenters. The van der Waals surface area contributed by atoms with Gasteiger partial charge in [-0.1, -0.05) is 12.8 Å². The van der Waals surface area contributed by atoms with Crippen molar-refractivity contribution in [3.63, 3.8) is 0 Å². The number of rotatable bonds is 3. The quantitative estimate of drug-likeness (QED) is 0.844. The molecule has 6 nitrogen and oxygen atoms in total. The number of hydrogen-bond donors (Lipinski definition) is 1. The Morgan fingerprint density at radius 3 is 2.48 bits per heavy atom. The van der Waals surface area contributed by atoms with Crippen LogP contribution in [0, 0.1) is 5.92 Å². The summed E-state index contributed by atoms with van der Waals surface area (Å²) in [5.41, 5.74) is 0. The SMILES string of the molecule is O=C1NCCN1C1CCN(CC(=O)N2CCC[C@H]3CCCC[C@H]32)CC1. The normalized spacial score (nSPS) is 31.8. The molecule has 3 amide bonds. The van der Waals surface area contributed by atoms with E-state index >= 15 is 0 Å². The van der Waals surface area contributed by atoms with Gasteiger partial charge in [0.2, 0.25) is 5.91 Å². The number of carbonyl (C=O) groups is 2. The molecule has 3 heterocycles. The zero-order chi connectivity index (χ0) is 17.2. The minimum Gasteiger partial charge on any atom is -0.338 e. The van der Waals surface area contributed by atoms with E-state index in [1.165, 1.54) is 38.5 Å². The van der Waals surface area contributed by atoms with Crippen LogP contribution in [0.3, 0.4) is 0 Å². The van der Waals surface area contributed by atoms with Crippen molar-refractivity contribution < 1.29 is 9.59 Å². The van der Waals surface area contributed by atoms with Gasteiger partial charge < -0.3 is 15.1 Å². The maximum absolute atomic E-state index is 12.9. The van der Waals surface area contributed by atoms with E-state index in [2.05, 4.69) is 15.1 Å². The average Bonchev–Trinajstić information content (AvgIpc) is 3.08. The Kier molecular flexibility index (Phi) is 5.15. The summed E-state index contributed by atoms with van der Waals surface area (Å²) in [5.74, 6) is 1.10. The number of hydrogen-bond acceptors (Lipinski definition) is 3. The molecule has 4 rings (SSSR count). The Hall–Kier alpha value is -1.30. The van der Waals surface area contributed by atoms with Gasteiger partial charge in [0.1, 0.15) is 0 Å². The van der Waals surface area contributed by atoms with Crippen LogP contribution in [0.2, 0.25) is 0 Å². The Balaban J connectivity index is 1.28. The highest BCUT2D eigenvalue weighted by molar-refractivity contribution is 5.79. The molecule has 1 saturated carbocycles. The number of urea groups is 1. The van der Waals surface area contributed by atoms with Gasteiger partial charge in [0, 0.05) is 44.8 Å². The van der Waals surface area contributed by atoms with Gasteiger partial charge in [-0.2, -0.15) is 0 Å². The second kappa shape index (κ2) is 7.52. The third-order valence-corrected chi connectivity index (χ3v) is 6.81. The van der Waals surface area contributed by atoms with Gasteiger partial charge >= 0.3 is 6.03 Å². The molecule has 0 aromatic carbocycles. The maximum atomic E-state index is 12.9. The number of nitrogens with zero attached hydrogens (tertiary/aromatic N) is 3. The van der Waals surface area contributed by atoms with Gasteiger partial charge in [-0.05, 0) is 44.4 Å². The van der Waals surface area contributed by atoms with E-state index in [0.29, 0.717) is 24.5 Å². The fraction of sp³-hybridized carbons (Fsp3) is 0.895. The molecular formula is C19H32N4O2. The van der Waals surface area contributed by atoms with Crippen molar-refractivity contribution in [1.29, 1.82) is 0 Å². The van der Waals surface area contributed by atoms with E-state index in [1.54, 1.807) is 0 Å². The highest BCUT2D eigenvalue weighted by Crippen LogP contribution is 2.35. The van der Waals surface area contributed by atoms with Crippen LogP contribution in [-0.4, -0.2) is 78.0 Å². The zero-order valence-corrected chi connectivity index (χ0v) is 15.3. The molecule has 0 aromatic heterocycles. The third kappa shape index (κ3) is 3.64. The van der Waals surface area contributed by atoms with Gasteiger partial charge in [0.25, 0.3) is 0 Å². The van der Waals surface area contributed by atoms with Crippen LogP contribution >= 0.6 is 0 Å². The van der Waals surface area contributed by atoms with Crippen LogP contribution in [0.4, 0.5) is 4.79 Å². The Morgan fingerprint density at radius 1 is 0.960 bits per heavy atom. The smallest absolute Gasteiger partial charge is 0.317 e. The first kappa shape index (κ1) is 17.1. The summed E-state index contributed by atoms with van der Waals surface area (Å²) in [7, 11) is 0. The van der Waals surface area contributed by atoms with E-state index in [9.17, 15) is 9.59 Å². The van der Waals surface area contributed by atoms with E-state index in [1.807, 2.05) is 4.90 Å². The van der Waals surface area contributed by atoms with Crippen molar-refractivity contribution in [3.8, 4) is 0 Å². The summed E-state index contributed by atoms with van der Waals surface area (Å²) in [6.07, 6.45) is 9.64. The van der Waals surface area contributed by atoms with Gasteiger partial charge in [0.15, 0.2) is 0 Å². The standard InChI is InChI=1S/C19H32N4O2/c24-18(23-10-3-5-15-4-1-2-6-17(15)23)14-21-11-7-16(8-12-21)22-13-9-20-19(22)25/h15-17H,1-14H2,(H,20,25)/t15-,17-/m1/s1. The lowest BCUT2D eigenvalue weighted by atomic mass is 9.78. The predicted molar refractivity (Wildman–Crippen MR) is 96.3 cm³/mol. The van der Waals surface area contributed by atoms with Crippen molar-refractivity contribution in [3.05, 3.63) is 0 Å². The van der Waals surface area contributed by atoms with E-state index in [-0.39, 0.29) is 6.03 Å². The van der Waals surface area contributed by atoms with Crippen LogP contribution in [0.15, 0.2) is 0 Å². The molecule has 0 bridgehead atoms. The van der Waals surface area contributed by atoms with Crippen molar-refractivity contribution >= 4 is 11.9 Å². The maximum Gasteiger partial charge on any atom is 0.317 e. The summed E-state index contributed by atoms with van der Waals surface area (Å²) in [6.45, 7) is 5.01. The molecule has 4 aliphatic rings. The van der Waals surface area contributed by atoms with E-state index in [0.717, 1.165) is 51.5 Å². The largest absolute Gasteiger partial charge is 0.338 e. The molecule has 1 N–H and O–H groups in total. The molecule has 6 heteroatoms.